The van der Waals surface area contributed by atoms with E-state index in [9.17, 15) is 5.11 Å². The van der Waals surface area contributed by atoms with E-state index in [0.717, 1.165) is 12.8 Å². The first-order chi connectivity index (χ1) is 5.28. The fourth-order valence-electron chi connectivity index (χ4n) is 2.09. The summed E-state index contributed by atoms with van der Waals surface area (Å²) in [5.41, 5.74) is -0.0822. The molecule has 0 spiro atoms. The standard InChI is InChI=1S/C9H16O2/c10-6-9(4-1-5-9)8(11)7-2-3-7/h7-8,10-11H,1-6H2. The smallest absolute Gasteiger partial charge is 0.0646 e. The zero-order valence-corrected chi connectivity index (χ0v) is 6.79. The van der Waals surface area contributed by atoms with Crippen LogP contribution in [-0.2, 0) is 0 Å². The monoisotopic (exact) mass is 156 g/mol. The Morgan fingerprint density at radius 2 is 2.00 bits per heavy atom. The van der Waals surface area contributed by atoms with Crippen molar-refractivity contribution in [1.82, 2.24) is 0 Å². The van der Waals surface area contributed by atoms with E-state index in [4.69, 9.17) is 5.11 Å². The molecule has 2 aliphatic rings. The number of aliphatic hydroxyl groups excluding tert-OH is 2. The van der Waals surface area contributed by atoms with Crippen molar-refractivity contribution in [2.24, 2.45) is 11.3 Å². The van der Waals surface area contributed by atoms with Gasteiger partial charge in [0.05, 0.1) is 12.7 Å². The van der Waals surface area contributed by atoms with E-state index in [2.05, 4.69) is 0 Å². The predicted octanol–water partition coefficient (Wildman–Crippen LogP) is 0.920. The third kappa shape index (κ3) is 1.09. The lowest BCUT2D eigenvalue weighted by Gasteiger charge is -2.44. The largest absolute Gasteiger partial charge is 0.396 e. The molecule has 2 saturated carbocycles. The molecule has 0 radical (unpaired) electrons. The van der Waals surface area contributed by atoms with E-state index in [0.29, 0.717) is 5.92 Å². The van der Waals surface area contributed by atoms with Gasteiger partial charge in [-0.25, -0.2) is 0 Å². The fraction of sp³-hybridized carbons (Fsp3) is 1.00. The molecule has 0 aromatic rings. The maximum atomic E-state index is 9.80. The zero-order valence-electron chi connectivity index (χ0n) is 6.79. The highest BCUT2D eigenvalue weighted by Gasteiger charge is 2.48. The summed E-state index contributed by atoms with van der Waals surface area (Å²) in [6.07, 6.45) is 5.37. The van der Waals surface area contributed by atoms with Gasteiger partial charge in [0.2, 0.25) is 0 Å². The molecule has 2 nitrogen and oxygen atoms in total. The molecule has 2 aliphatic carbocycles. The topological polar surface area (TPSA) is 40.5 Å². The first-order valence-electron chi connectivity index (χ1n) is 4.57. The Balaban J connectivity index is 1.98. The quantitative estimate of drug-likeness (QED) is 0.638. The van der Waals surface area contributed by atoms with Crippen LogP contribution in [0.3, 0.4) is 0 Å². The summed E-state index contributed by atoms with van der Waals surface area (Å²) in [5, 5.41) is 18.9. The first kappa shape index (κ1) is 7.56. The minimum atomic E-state index is -0.207. The van der Waals surface area contributed by atoms with Gasteiger partial charge in [-0.3, -0.25) is 0 Å². The molecule has 2 rings (SSSR count). The Morgan fingerprint density at radius 1 is 1.36 bits per heavy atom. The van der Waals surface area contributed by atoms with Crippen molar-refractivity contribution in [2.45, 2.75) is 38.2 Å². The number of aliphatic hydroxyl groups is 2. The van der Waals surface area contributed by atoms with Crippen LogP contribution in [0.15, 0.2) is 0 Å². The van der Waals surface area contributed by atoms with Crippen LogP contribution in [0.2, 0.25) is 0 Å². The van der Waals surface area contributed by atoms with Gasteiger partial charge in [-0.1, -0.05) is 6.42 Å². The molecule has 2 heteroatoms. The minimum absolute atomic E-state index is 0.0822. The summed E-state index contributed by atoms with van der Waals surface area (Å²) in [6, 6.07) is 0. The van der Waals surface area contributed by atoms with Crippen LogP contribution in [0, 0.1) is 11.3 Å². The second kappa shape index (κ2) is 2.46. The van der Waals surface area contributed by atoms with Gasteiger partial charge < -0.3 is 10.2 Å². The molecule has 64 valence electrons. The van der Waals surface area contributed by atoms with Gasteiger partial charge in [0.25, 0.3) is 0 Å². The summed E-state index contributed by atoms with van der Waals surface area (Å²) in [6.45, 7) is 0.185. The van der Waals surface area contributed by atoms with Gasteiger partial charge in [0.15, 0.2) is 0 Å². The van der Waals surface area contributed by atoms with Crippen molar-refractivity contribution in [3.05, 3.63) is 0 Å². The Bertz CT molecular complexity index is 142. The Labute approximate surface area is 67.2 Å². The zero-order chi connectivity index (χ0) is 7.90. The minimum Gasteiger partial charge on any atom is -0.396 e. The Hall–Kier alpha value is -0.0800. The number of rotatable bonds is 3. The molecular formula is C9H16O2. The summed E-state index contributed by atoms with van der Waals surface area (Å²) < 4.78 is 0. The van der Waals surface area contributed by atoms with Crippen LogP contribution in [0.4, 0.5) is 0 Å². The summed E-state index contributed by atoms with van der Waals surface area (Å²) in [4.78, 5) is 0. The highest BCUT2D eigenvalue weighted by Crippen LogP contribution is 2.50. The van der Waals surface area contributed by atoms with Crippen LogP contribution in [-0.4, -0.2) is 22.9 Å². The summed E-state index contributed by atoms with van der Waals surface area (Å²) >= 11 is 0. The van der Waals surface area contributed by atoms with Crippen LogP contribution in [0.25, 0.3) is 0 Å². The van der Waals surface area contributed by atoms with Crippen molar-refractivity contribution >= 4 is 0 Å². The fourth-order valence-corrected chi connectivity index (χ4v) is 2.09. The molecule has 11 heavy (non-hydrogen) atoms. The van der Waals surface area contributed by atoms with E-state index in [-0.39, 0.29) is 18.1 Å². The van der Waals surface area contributed by atoms with Crippen molar-refractivity contribution < 1.29 is 10.2 Å². The average Bonchev–Trinajstić information content (AvgIpc) is 2.66. The van der Waals surface area contributed by atoms with Gasteiger partial charge in [-0.05, 0) is 31.6 Å². The molecule has 2 N–H and O–H groups in total. The second-order valence-corrected chi connectivity index (χ2v) is 4.16. The Morgan fingerprint density at radius 3 is 2.27 bits per heavy atom. The van der Waals surface area contributed by atoms with Gasteiger partial charge >= 0.3 is 0 Å². The number of hydrogen-bond donors (Lipinski definition) is 2. The van der Waals surface area contributed by atoms with Crippen LogP contribution in [0.1, 0.15) is 32.1 Å². The van der Waals surface area contributed by atoms with E-state index in [1.54, 1.807) is 0 Å². The van der Waals surface area contributed by atoms with Crippen molar-refractivity contribution in [1.29, 1.82) is 0 Å². The molecular weight excluding hydrogens is 140 g/mol. The molecule has 0 amide bonds. The van der Waals surface area contributed by atoms with E-state index < -0.39 is 0 Å². The molecule has 1 unspecified atom stereocenters. The number of hydrogen-bond acceptors (Lipinski definition) is 2. The third-order valence-electron chi connectivity index (χ3n) is 3.36. The maximum absolute atomic E-state index is 9.80. The average molecular weight is 156 g/mol. The predicted molar refractivity (Wildman–Crippen MR) is 42.1 cm³/mol. The van der Waals surface area contributed by atoms with Gasteiger partial charge in [-0.2, -0.15) is 0 Å². The van der Waals surface area contributed by atoms with Crippen LogP contribution < -0.4 is 0 Å². The molecule has 0 heterocycles. The van der Waals surface area contributed by atoms with Crippen LogP contribution in [0.5, 0.6) is 0 Å². The highest BCUT2D eigenvalue weighted by atomic mass is 16.3. The second-order valence-electron chi connectivity index (χ2n) is 4.16. The van der Waals surface area contributed by atoms with Crippen molar-refractivity contribution in [3.63, 3.8) is 0 Å². The summed E-state index contributed by atoms with van der Waals surface area (Å²) in [7, 11) is 0. The highest BCUT2D eigenvalue weighted by molar-refractivity contribution is 4.99. The lowest BCUT2D eigenvalue weighted by atomic mass is 9.64. The van der Waals surface area contributed by atoms with Crippen molar-refractivity contribution in [3.8, 4) is 0 Å². The van der Waals surface area contributed by atoms with E-state index in [1.165, 1.54) is 19.3 Å². The van der Waals surface area contributed by atoms with Gasteiger partial charge in [0, 0.05) is 5.41 Å². The molecule has 2 fully saturated rings. The lowest BCUT2D eigenvalue weighted by molar-refractivity contribution is -0.0811. The molecule has 1 atom stereocenters. The van der Waals surface area contributed by atoms with Crippen LogP contribution >= 0.6 is 0 Å². The maximum Gasteiger partial charge on any atom is 0.0646 e. The first-order valence-corrected chi connectivity index (χ1v) is 4.57. The molecule has 0 aromatic heterocycles. The molecule has 0 bridgehead atoms. The third-order valence-corrected chi connectivity index (χ3v) is 3.36. The normalized spacial score (nSPS) is 31.1. The van der Waals surface area contributed by atoms with Gasteiger partial charge in [-0.15, -0.1) is 0 Å². The molecule has 0 aliphatic heterocycles. The van der Waals surface area contributed by atoms with Crippen molar-refractivity contribution in [2.75, 3.05) is 6.61 Å². The van der Waals surface area contributed by atoms with E-state index >= 15 is 0 Å². The SMILES string of the molecule is OCC1(C(O)C2CC2)CCC1. The summed E-state index contributed by atoms with van der Waals surface area (Å²) in [5.74, 6) is 0.516. The lowest BCUT2D eigenvalue weighted by Crippen LogP contribution is -2.45. The van der Waals surface area contributed by atoms with E-state index in [1.807, 2.05) is 0 Å². The van der Waals surface area contributed by atoms with Gasteiger partial charge in [0.1, 0.15) is 0 Å². The molecule has 0 aromatic carbocycles. The molecule has 0 saturated heterocycles. The Kier molecular flexibility index (Phi) is 1.69.